The number of aliphatic imine (C=N–C) groups is 2. The largest absolute Gasteiger partial charge is 0.342 e. The van der Waals surface area contributed by atoms with Crippen molar-refractivity contribution in [1.82, 2.24) is 20.0 Å². The molecule has 3 amide bonds. The molecule has 2 aromatic carbocycles. The molecule has 11 heteroatoms. The molecule has 2 saturated heterocycles. The van der Waals surface area contributed by atoms with Gasteiger partial charge in [0.1, 0.15) is 22.7 Å². The minimum absolute atomic E-state index is 0.0439. The molecule has 0 bridgehead atoms. The molecule has 0 unspecified atom stereocenters. The Morgan fingerprint density at radius 1 is 0.766 bits per heavy atom. The quantitative estimate of drug-likeness (QED) is 0.403. The number of halogens is 2. The van der Waals surface area contributed by atoms with Crippen LogP contribution >= 0.6 is 31.9 Å². The second-order valence-corrected chi connectivity index (χ2v) is 16.2. The fourth-order valence-electron chi connectivity index (χ4n) is 6.73. The number of rotatable bonds is 7. The van der Waals surface area contributed by atoms with E-state index in [-0.39, 0.29) is 17.7 Å². The van der Waals surface area contributed by atoms with Gasteiger partial charge in [-0.1, -0.05) is 56.1 Å². The van der Waals surface area contributed by atoms with Crippen molar-refractivity contribution < 1.29 is 14.4 Å². The molecule has 3 fully saturated rings. The van der Waals surface area contributed by atoms with Crippen LogP contribution in [0.25, 0.3) is 0 Å². The van der Waals surface area contributed by atoms with Crippen LogP contribution in [0.3, 0.4) is 0 Å². The summed E-state index contributed by atoms with van der Waals surface area (Å²) in [7, 11) is 0. The lowest BCUT2D eigenvalue weighted by atomic mass is 10.0. The standard InChI is InChI=1S/C20H24BrN3O2.C16H20BrN3O/c1-20(2)19(26)24(17(22-20)14-5-7-16(21)8-6-14)12-13-9-10-23(11-13)18(25)15-3-4-15;1-16(2)15(21)20(10-11-7-8-18-9-11)14(19-16)12-3-5-13(17)6-4-12/h5-8,13,15H,3-4,9-12H2,1-2H3;3-6,11,18H,7-10H2,1-2H3/t13-;11-/m11/s1. The predicted molar refractivity (Wildman–Crippen MR) is 191 cm³/mol. The first-order chi connectivity index (χ1) is 22.3. The Hall–Kier alpha value is -2.89. The van der Waals surface area contributed by atoms with Crippen molar-refractivity contribution >= 4 is 61.3 Å². The number of carbonyl (C=O) groups excluding carboxylic acids is 3. The molecule has 2 aromatic rings. The highest BCUT2D eigenvalue weighted by Crippen LogP contribution is 2.34. The average Bonchev–Trinajstić information content (AvgIpc) is 3.35. The van der Waals surface area contributed by atoms with Gasteiger partial charge in [-0.2, -0.15) is 0 Å². The van der Waals surface area contributed by atoms with Crippen LogP contribution in [0, 0.1) is 17.8 Å². The van der Waals surface area contributed by atoms with E-state index in [4.69, 9.17) is 4.99 Å². The third-order valence-electron chi connectivity index (χ3n) is 9.59. The van der Waals surface area contributed by atoms with Gasteiger partial charge in [0, 0.05) is 52.2 Å². The van der Waals surface area contributed by atoms with Crippen molar-refractivity contribution in [2.24, 2.45) is 27.7 Å². The number of hydrogen-bond donors (Lipinski definition) is 1. The maximum Gasteiger partial charge on any atom is 0.255 e. The summed E-state index contributed by atoms with van der Waals surface area (Å²) in [5.41, 5.74) is 0.568. The molecule has 250 valence electrons. The highest BCUT2D eigenvalue weighted by Gasteiger charge is 2.44. The zero-order chi connectivity index (χ0) is 33.5. The van der Waals surface area contributed by atoms with Crippen LogP contribution in [0.5, 0.6) is 0 Å². The number of nitrogens with zero attached hydrogens (tertiary/aromatic N) is 5. The third kappa shape index (κ3) is 7.57. The molecular formula is C36H44Br2N6O3. The fourth-order valence-corrected chi connectivity index (χ4v) is 7.26. The Morgan fingerprint density at radius 3 is 1.70 bits per heavy atom. The van der Waals surface area contributed by atoms with Crippen molar-refractivity contribution in [3.05, 3.63) is 68.6 Å². The zero-order valence-electron chi connectivity index (χ0n) is 27.6. The van der Waals surface area contributed by atoms with Crippen LogP contribution in [0.4, 0.5) is 0 Å². The lowest BCUT2D eigenvalue weighted by Crippen LogP contribution is -2.42. The average molecular weight is 769 g/mol. The first-order valence-corrected chi connectivity index (χ1v) is 18.3. The van der Waals surface area contributed by atoms with Crippen LogP contribution in [0.2, 0.25) is 0 Å². The van der Waals surface area contributed by atoms with Gasteiger partial charge in [-0.05, 0) is 103 Å². The zero-order valence-corrected chi connectivity index (χ0v) is 30.8. The van der Waals surface area contributed by atoms with Gasteiger partial charge in [0.15, 0.2) is 0 Å². The molecule has 1 aliphatic carbocycles. The summed E-state index contributed by atoms with van der Waals surface area (Å²) in [5, 5.41) is 3.36. The Bertz CT molecular complexity index is 1580. The van der Waals surface area contributed by atoms with Crippen LogP contribution in [0.15, 0.2) is 67.5 Å². The molecule has 4 heterocycles. The minimum atomic E-state index is -0.732. The van der Waals surface area contributed by atoms with Gasteiger partial charge in [-0.25, -0.2) is 0 Å². The summed E-state index contributed by atoms with van der Waals surface area (Å²) in [5.74, 6) is 3.11. The molecule has 9 nitrogen and oxygen atoms in total. The molecular weight excluding hydrogens is 724 g/mol. The maximum atomic E-state index is 12.9. The van der Waals surface area contributed by atoms with Gasteiger partial charge < -0.3 is 10.2 Å². The van der Waals surface area contributed by atoms with Crippen molar-refractivity contribution in [2.75, 3.05) is 39.3 Å². The topological polar surface area (TPSA) is 97.7 Å². The van der Waals surface area contributed by atoms with Crippen LogP contribution < -0.4 is 5.32 Å². The van der Waals surface area contributed by atoms with Crippen molar-refractivity contribution in [3.63, 3.8) is 0 Å². The van der Waals surface area contributed by atoms with Crippen LogP contribution in [0.1, 0.15) is 64.5 Å². The molecule has 47 heavy (non-hydrogen) atoms. The van der Waals surface area contributed by atoms with E-state index in [9.17, 15) is 14.4 Å². The van der Waals surface area contributed by atoms with E-state index < -0.39 is 11.1 Å². The molecule has 0 spiro atoms. The van der Waals surface area contributed by atoms with Crippen LogP contribution in [-0.4, -0.2) is 94.4 Å². The van der Waals surface area contributed by atoms with Crippen molar-refractivity contribution in [2.45, 2.75) is 64.5 Å². The number of amidine groups is 2. The van der Waals surface area contributed by atoms with Gasteiger partial charge in [-0.3, -0.25) is 34.2 Å². The predicted octanol–water partition coefficient (Wildman–Crippen LogP) is 5.50. The lowest BCUT2D eigenvalue weighted by Gasteiger charge is -2.24. The molecule has 5 aliphatic rings. The Morgan fingerprint density at radius 2 is 1.26 bits per heavy atom. The number of hydrogen-bond acceptors (Lipinski definition) is 6. The molecule has 2 atom stereocenters. The molecule has 0 aromatic heterocycles. The maximum absolute atomic E-state index is 12.9. The summed E-state index contributed by atoms with van der Waals surface area (Å²) >= 11 is 6.90. The second-order valence-electron chi connectivity index (χ2n) is 14.4. The summed E-state index contributed by atoms with van der Waals surface area (Å²) in [4.78, 5) is 53.0. The van der Waals surface area contributed by atoms with E-state index in [0.29, 0.717) is 24.3 Å². The number of nitrogens with one attached hydrogen (secondary N) is 1. The molecule has 1 saturated carbocycles. The van der Waals surface area contributed by atoms with Gasteiger partial charge in [0.05, 0.1) is 0 Å². The first kappa shape index (κ1) is 34.0. The van der Waals surface area contributed by atoms with E-state index in [2.05, 4.69) is 42.2 Å². The van der Waals surface area contributed by atoms with Crippen molar-refractivity contribution in [1.29, 1.82) is 0 Å². The molecule has 4 aliphatic heterocycles. The number of benzene rings is 2. The van der Waals surface area contributed by atoms with Gasteiger partial charge in [0.25, 0.3) is 11.8 Å². The minimum Gasteiger partial charge on any atom is -0.342 e. The Labute approximate surface area is 294 Å². The number of amides is 3. The summed E-state index contributed by atoms with van der Waals surface area (Å²) in [6, 6.07) is 15.9. The van der Waals surface area contributed by atoms with Gasteiger partial charge in [-0.15, -0.1) is 0 Å². The summed E-state index contributed by atoms with van der Waals surface area (Å²) in [6.45, 7) is 12.5. The summed E-state index contributed by atoms with van der Waals surface area (Å²) in [6.07, 6.45) is 4.16. The fraction of sp³-hybridized carbons (Fsp3) is 0.528. The normalized spacial score (nSPS) is 24.8. The van der Waals surface area contributed by atoms with Gasteiger partial charge >= 0.3 is 0 Å². The highest BCUT2D eigenvalue weighted by atomic mass is 79.9. The van der Waals surface area contributed by atoms with E-state index in [0.717, 1.165) is 90.2 Å². The Balaban J connectivity index is 0.000000168. The van der Waals surface area contributed by atoms with Gasteiger partial charge in [0.2, 0.25) is 5.91 Å². The Kier molecular flexibility index (Phi) is 9.80. The van der Waals surface area contributed by atoms with E-state index >= 15 is 0 Å². The molecule has 1 N–H and O–H groups in total. The number of carbonyl (C=O) groups is 3. The molecule has 7 rings (SSSR count). The van der Waals surface area contributed by atoms with Crippen LogP contribution in [-0.2, 0) is 14.4 Å². The summed E-state index contributed by atoms with van der Waals surface area (Å²) < 4.78 is 2.03. The smallest absolute Gasteiger partial charge is 0.255 e. The van der Waals surface area contributed by atoms with Crippen molar-refractivity contribution in [3.8, 4) is 0 Å². The third-order valence-corrected chi connectivity index (χ3v) is 10.6. The van der Waals surface area contributed by atoms with E-state index in [1.807, 2.05) is 90.9 Å². The lowest BCUT2D eigenvalue weighted by molar-refractivity contribution is -0.132. The van der Waals surface area contributed by atoms with E-state index in [1.165, 1.54) is 0 Å². The number of likely N-dealkylation sites (tertiary alicyclic amines) is 1. The SMILES string of the molecule is CC1(C)N=C(c2ccc(Br)cc2)N(C[C@@H]2CCN(C(=O)C3CC3)C2)C1=O.CC1(C)N=C(c2ccc(Br)cc2)N(C[C@@H]2CCNC2)C1=O. The first-order valence-electron chi connectivity index (χ1n) is 16.7. The second kappa shape index (κ2) is 13.6. The highest BCUT2D eigenvalue weighted by molar-refractivity contribution is 9.10. The molecule has 0 radical (unpaired) electrons. The van der Waals surface area contributed by atoms with E-state index in [1.54, 1.807) is 0 Å². The monoisotopic (exact) mass is 766 g/mol.